The molecule has 5 nitrogen and oxygen atoms in total. The van der Waals surface area contributed by atoms with Gasteiger partial charge < -0.3 is 5.32 Å². The Morgan fingerprint density at radius 2 is 2.00 bits per heavy atom. The molecule has 0 radical (unpaired) electrons. The molecule has 4 rings (SSSR count). The van der Waals surface area contributed by atoms with Crippen molar-refractivity contribution in [2.45, 2.75) is 19.4 Å². The van der Waals surface area contributed by atoms with Crippen molar-refractivity contribution in [1.82, 2.24) is 14.9 Å². The highest BCUT2D eigenvalue weighted by Crippen LogP contribution is 2.23. The number of hydrogen-bond donors (Lipinski definition) is 1. The summed E-state index contributed by atoms with van der Waals surface area (Å²) in [5, 5.41) is 5.93. The standard InChI is InChI=1S/C21H18ClN3O2S2/c22-15-8-9-18-17(11-15)25(21(27)29-18)12-19-24-16(13-28-19)20(26)23-10-4-7-14-5-2-1-3-6-14/h1-3,5-6,8-9,11,13H,4,7,10,12H2,(H,23,26). The first-order valence-electron chi connectivity index (χ1n) is 9.15. The van der Waals surface area contributed by atoms with Crippen molar-refractivity contribution in [3.8, 4) is 0 Å². The molecule has 2 aromatic carbocycles. The number of aromatic nitrogens is 2. The first-order valence-corrected chi connectivity index (χ1v) is 11.2. The maximum atomic E-state index is 12.3. The van der Waals surface area contributed by atoms with E-state index in [0.29, 0.717) is 28.8 Å². The number of fused-ring (bicyclic) bond motifs is 1. The first kappa shape index (κ1) is 19.8. The zero-order valence-electron chi connectivity index (χ0n) is 15.4. The lowest BCUT2D eigenvalue weighted by molar-refractivity contribution is 0.0948. The van der Waals surface area contributed by atoms with Gasteiger partial charge in [0.2, 0.25) is 0 Å². The maximum Gasteiger partial charge on any atom is 0.308 e. The molecule has 0 aliphatic rings. The Labute approximate surface area is 180 Å². The predicted octanol–water partition coefficient (Wildman–Crippen LogP) is 4.58. The van der Waals surface area contributed by atoms with Crippen LogP contribution in [0.3, 0.4) is 0 Å². The van der Waals surface area contributed by atoms with Crippen molar-refractivity contribution < 1.29 is 4.79 Å². The van der Waals surface area contributed by atoms with Crippen LogP contribution < -0.4 is 10.2 Å². The third kappa shape index (κ3) is 4.75. The van der Waals surface area contributed by atoms with Crippen LogP contribution in [0.5, 0.6) is 0 Å². The molecule has 1 amide bonds. The summed E-state index contributed by atoms with van der Waals surface area (Å²) in [5.41, 5.74) is 2.43. The SMILES string of the molecule is O=C(NCCCc1ccccc1)c1csc(Cn2c(=O)sc3ccc(Cl)cc32)n1. The number of halogens is 1. The molecule has 0 atom stereocenters. The van der Waals surface area contributed by atoms with Crippen molar-refractivity contribution in [1.29, 1.82) is 0 Å². The summed E-state index contributed by atoms with van der Waals surface area (Å²) in [6, 6.07) is 15.6. The molecule has 0 bridgehead atoms. The number of carbonyl (C=O) groups is 1. The van der Waals surface area contributed by atoms with Gasteiger partial charge >= 0.3 is 4.87 Å². The molecule has 29 heavy (non-hydrogen) atoms. The lowest BCUT2D eigenvalue weighted by Gasteiger charge is -2.04. The van der Waals surface area contributed by atoms with Gasteiger partial charge in [-0.15, -0.1) is 11.3 Å². The molecule has 4 aromatic rings. The monoisotopic (exact) mass is 443 g/mol. The Balaban J connectivity index is 1.37. The first-order chi connectivity index (χ1) is 14.1. The van der Waals surface area contributed by atoms with Crippen molar-refractivity contribution in [3.63, 3.8) is 0 Å². The van der Waals surface area contributed by atoms with E-state index in [4.69, 9.17) is 11.6 Å². The van der Waals surface area contributed by atoms with E-state index < -0.39 is 0 Å². The lowest BCUT2D eigenvalue weighted by atomic mass is 10.1. The number of hydrogen-bond acceptors (Lipinski definition) is 5. The van der Waals surface area contributed by atoms with E-state index in [2.05, 4.69) is 22.4 Å². The molecule has 0 unspecified atom stereocenters. The van der Waals surface area contributed by atoms with Crippen molar-refractivity contribution >= 4 is 50.4 Å². The minimum atomic E-state index is -0.189. The Kier molecular flexibility index (Phi) is 6.08. The molecule has 1 N–H and O–H groups in total. The van der Waals surface area contributed by atoms with Crippen LogP contribution in [-0.4, -0.2) is 22.0 Å². The average Bonchev–Trinajstić information content (AvgIpc) is 3.31. The Hall–Kier alpha value is -2.48. The molecule has 8 heteroatoms. The van der Waals surface area contributed by atoms with E-state index in [1.54, 1.807) is 22.1 Å². The van der Waals surface area contributed by atoms with Gasteiger partial charge in [0.25, 0.3) is 5.91 Å². The van der Waals surface area contributed by atoms with Crippen molar-refractivity contribution in [2.75, 3.05) is 6.54 Å². The highest BCUT2D eigenvalue weighted by molar-refractivity contribution is 7.16. The Morgan fingerprint density at radius 3 is 2.83 bits per heavy atom. The molecule has 0 aliphatic heterocycles. The molecule has 2 heterocycles. The van der Waals surface area contributed by atoms with E-state index in [-0.39, 0.29) is 10.8 Å². The van der Waals surface area contributed by atoms with Crippen LogP contribution in [0.15, 0.2) is 58.7 Å². The highest BCUT2D eigenvalue weighted by Gasteiger charge is 2.14. The number of thiazole rings is 2. The molecule has 0 aliphatic carbocycles. The van der Waals surface area contributed by atoms with Gasteiger partial charge in [0.1, 0.15) is 10.7 Å². The number of nitrogens with one attached hydrogen (secondary N) is 1. The van der Waals surface area contributed by atoms with Crippen LogP contribution in [0, 0.1) is 0 Å². The fraction of sp³-hybridized carbons (Fsp3) is 0.190. The molecule has 0 saturated heterocycles. The summed E-state index contributed by atoms with van der Waals surface area (Å²) in [6.07, 6.45) is 1.78. The van der Waals surface area contributed by atoms with Gasteiger partial charge in [-0.2, -0.15) is 0 Å². The van der Waals surface area contributed by atoms with E-state index in [9.17, 15) is 9.59 Å². The van der Waals surface area contributed by atoms with Gasteiger partial charge in [-0.05, 0) is 36.6 Å². The predicted molar refractivity (Wildman–Crippen MR) is 119 cm³/mol. The molecular formula is C21H18ClN3O2S2. The normalized spacial score (nSPS) is 11.1. The zero-order valence-corrected chi connectivity index (χ0v) is 17.8. The number of nitrogens with zero attached hydrogens (tertiary/aromatic N) is 2. The van der Waals surface area contributed by atoms with Gasteiger partial charge in [0.15, 0.2) is 0 Å². The molecule has 2 aromatic heterocycles. The van der Waals surface area contributed by atoms with Crippen molar-refractivity contribution in [2.24, 2.45) is 0 Å². The van der Waals surface area contributed by atoms with Gasteiger partial charge in [-0.3, -0.25) is 14.2 Å². The van der Waals surface area contributed by atoms with Crippen LogP contribution >= 0.6 is 34.3 Å². The largest absolute Gasteiger partial charge is 0.351 e. The minimum absolute atomic E-state index is 0.0654. The minimum Gasteiger partial charge on any atom is -0.351 e. The summed E-state index contributed by atoms with van der Waals surface area (Å²) in [5.74, 6) is -0.189. The van der Waals surface area contributed by atoms with Gasteiger partial charge in [0, 0.05) is 16.9 Å². The van der Waals surface area contributed by atoms with Crippen LogP contribution in [0.25, 0.3) is 10.2 Å². The summed E-state index contributed by atoms with van der Waals surface area (Å²) >= 11 is 8.62. The highest BCUT2D eigenvalue weighted by atomic mass is 35.5. The molecule has 0 fully saturated rings. The third-order valence-corrected chi connectivity index (χ3v) is 6.51. The average molecular weight is 444 g/mol. The summed E-state index contributed by atoms with van der Waals surface area (Å²) < 4.78 is 2.53. The number of carbonyl (C=O) groups excluding carboxylic acids is 1. The fourth-order valence-corrected chi connectivity index (χ4v) is 4.84. The second-order valence-electron chi connectivity index (χ2n) is 6.54. The van der Waals surface area contributed by atoms with E-state index >= 15 is 0 Å². The molecule has 148 valence electrons. The van der Waals surface area contributed by atoms with Crippen LogP contribution in [0.4, 0.5) is 0 Å². The van der Waals surface area contributed by atoms with E-state index in [1.165, 1.54) is 28.2 Å². The van der Waals surface area contributed by atoms with Crippen molar-refractivity contribution in [3.05, 3.63) is 84.9 Å². The number of amides is 1. The second kappa shape index (κ2) is 8.90. The Morgan fingerprint density at radius 1 is 1.17 bits per heavy atom. The summed E-state index contributed by atoms with van der Waals surface area (Å²) in [7, 11) is 0. The second-order valence-corrected chi connectivity index (χ2v) is 8.91. The van der Waals surface area contributed by atoms with E-state index in [1.807, 2.05) is 24.3 Å². The van der Waals surface area contributed by atoms with Crippen LogP contribution in [0.1, 0.15) is 27.5 Å². The molecule has 0 spiro atoms. The summed E-state index contributed by atoms with van der Waals surface area (Å²) in [4.78, 5) is 29.0. The summed E-state index contributed by atoms with van der Waals surface area (Å²) in [6.45, 7) is 0.916. The number of benzene rings is 2. The lowest BCUT2D eigenvalue weighted by Crippen LogP contribution is -2.25. The molecule has 0 saturated carbocycles. The van der Waals surface area contributed by atoms with Gasteiger partial charge in [-0.1, -0.05) is 53.3 Å². The third-order valence-electron chi connectivity index (χ3n) is 4.48. The molecular weight excluding hydrogens is 426 g/mol. The van der Waals surface area contributed by atoms with Gasteiger partial charge in [-0.25, -0.2) is 4.98 Å². The maximum absolute atomic E-state index is 12.3. The number of rotatable bonds is 7. The van der Waals surface area contributed by atoms with Gasteiger partial charge in [0.05, 0.1) is 16.8 Å². The zero-order chi connectivity index (χ0) is 20.2. The smallest absolute Gasteiger partial charge is 0.308 e. The number of aryl methyl sites for hydroxylation is 1. The Bertz CT molecular complexity index is 1200. The van der Waals surface area contributed by atoms with Crippen LogP contribution in [-0.2, 0) is 13.0 Å². The van der Waals surface area contributed by atoms with E-state index in [0.717, 1.165) is 23.1 Å². The fourth-order valence-electron chi connectivity index (χ4n) is 3.04. The quantitative estimate of drug-likeness (QED) is 0.425. The topological polar surface area (TPSA) is 64.0 Å². The van der Waals surface area contributed by atoms with Crippen LogP contribution in [0.2, 0.25) is 5.02 Å².